The van der Waals surface area contributed by atoms with Gasteiger partial charge in [-0.15, -0.1) is 5.10 Å². The fraction of sp³-hybridized carbons (Fsp3) is 0.400. The summed E-state index contributed by atoms with van der Waals surface area (Å²) in [6, 6.07) is 3.68. The minimum absolute atomic E-state index is 0.296. The van der Waals surface area contributed by atoms with Gasteiger partial charge >= 0.3 is 0 Å². The highest BCUT2D eigenvalue weighted by atomic mass is 35.5. The lowest BCUT2D eigenvalue weighted by atomic mass is 10.2. The lowest BCUT2D eigenvalue weighted by Crippen LogP contribution is -2.15. The molecule has 0 aliphatic rings. The fourth-order valence-corrected chi connectivity index (χ4v) is 2.09. The first-order valence-electron chi connectivity index (χ1n) is 7.22. The topological polar surface area (TPSA) is 81.2 Å². The Kier molecular flexibility index (Phi) is 5.81. The second kappa shape index (κ2) is 7.82. The molecule has 1 atom stereocenters. The first-order valence-corrected chi connectivity index (χ1v) is 7.60. The van der Waals surface area contributed by atoms with Crippen LogP contribution in [0.2, 0.25) is 5.02 Å². The molecule has 0 aliphatic carbocycles. The molecule has 1 aromatic carbocycles. The van der Waals surface area contributed by atoms with Crippen molar-refractivity contribution in [3.05, 3.63) is 23.4 Å². The van der Waals surface area contributed by atoms with Crippen molar-refractivity contribution < 1.29 is 9.47 Å². The Morgan fingerprint density at radius 2 is 1.96 bits per heavy atom. The van der Waals surface area contributed by atoms with Crippen molar-refractivity contribution in [2.24, 2.45) is 0 Å². The maximum atomic E-state index is 6.10. The number of ether oxygens (including phenoxy) is 2. The molecule has 0 aliphatic heterocycles. The number of nitrogens with zero attached hydrogens (tertiary/aromatic N) is 3. The molecule has 2 aromatic rings. The van der Waals surface area contributed by atoms with Crippen LogP contribution in [0.4, 0.5) is 17.5 Å². The lowest BCUT2D eigenvalue weighted by molar-refractivity contribution is 0.405. The van der Waals surface area contributed by atoms with Crippen LogP contribution in [-0.4, -0.2) is 35.4 Å². The van der Waals surface area contributed by atoms with Crippen molar-refractivity contribution in [2.45, 2.75) is 26.3 Å². The second-order valence-electron chi connectivity index (χ2n) is 4.93. The zero-order valence-electron chi connectivity index (χ0n) is 13.6. The Hall–Kier alpha value is -2.28. The van der Waals surface area contributed by atoms with Crippen molar-refractivity contribution >= 4 is 29.1 Å². The maximum absolute atomic E-state index is 6.10. The molecule has 0 bridgehead atoms. The molecular weight excluding hydrogens is 318 g/mol. The van der Waals surface area contributed by atoms with Crippen LogP contribution in [0.15, 0.2) is 18.3 Å². The van der Waals surface area contributed by atoms with E-state index in [9.17, 15) is 0 Å². The molecule has 2 N–H and O–H groups in total. The average Bonchev–Trinajstić information content (AvgIpc) is 2.56. The van der Waals surface area contributed by atoms with Crippen molar-refractivity contribution in [3.63, 3.8) is 0 Å². The predicted octanol–water partition coefficient (Wildman–Crippen LogP) is 3.50. The van der Waals surface area contributed by atoms with Gasteiger partial charge in [-0.3, -0.25) is 0 Å². The Bertz CT molecular complexity index is 668. The monoisotopic (exact) mass is 337 g/mol. The quantitative estimate of drug-likeness (QED) is 0.800. The van der Waals surface area contributed by atoms with E-state index in [0.717, 1.165) is 6.42 Å². The molecule has 1 heterocycles. The zero-order chi connectivity index (χ0) is 16.8. The maximum Gasteiger partial charge on any atom is 0.249 e. The van der Waals surface area contributed by atoms with E-state index in [0.29, 0.717) is 40.0 Å². The fourth-order valence-electron chi connectivity index (χ4n) is 1.86. The van der Waals surface area contributed by atoms with E-state index >= 15 is 0 Å². The molecule has 1 unspecified atom stereocenters. The molecule has 0 fully saturated rings. The summed E-state index contributed by atoms with van der Waals surface area (Å²) in [5, 5.41) is 14.7. The van der Waals surface area contributed by atoms with Gasteiger partial charge in [-0.2, -0.15) is 10.1 Å². The number of nitrogens with one attached hydrogen (secondary N) is 2. The number of methoxy groups -OCH3 is 2. The average molecular weight is 338 g/mol. The first kappa shape index (κ1) is 17.1. The van der Waals surface area contributed by atoms with E-state index in [1.54, 1.807) is 32.5 Å². The van der Waals surface area contributed by atoms with E-state index in [2.05, 4.69) is 39.7 Å². The van der Waals surface area contributed by atoms with E-state index in [-0.39, 0.29) is 0 Å². The second-order valence-corrected chi connectivity index (χ2v) is 5.34. The molecule has 0 spiro atoms. The van der Waals surface area contributed by atoms with Gasteiger partial charge in [0.05, 0.1) is 31.1 Å². The van der Waals surface area contributed by atoms with Crippen LogP contribution in [0, 0.1) is 0 Å². The van der Waals surface area contributed by atoms with E-state index < -0.39 is 0 Å². The molecule has 124 valence electrons. The molecule has 0 saturated heterocycles. The van der Waals surface area contributed by atoms with Gasteiger partial charge in [0.25, 0.3) is 0 Å². The molecule has 23 heavy (non-hydrogen) atoms. The first-order chi connectivity index (χ1) is 11.1. The third kappa shape index (κ3) is 4.35. The number of hydrogen-bond acceptors (Lipinski definition) is 7. The number of anilines is 3. The third-order valence-electron chi connectivity index (χ3n) is 3.29. The van der Waals surface area contributed by atoms with Crippen molar-refractivity contribution in [1.29, 1.82) is 0 Å². The summed E-state index contributed by atoms with van der Waals surface area (Å²) in [5.74, 6) is 2.08. The van der Waals surface area contributed by atoms with Crippen LogP contribution in [0.5, 0.6) is 11.5 Å². The summed E-state index contributed by atoms with van der Waals surface area (Å²) < 4.78 is 10.5. The van der Waals surface area contributed by atoms with Gasteiger partial charge in [-0.05, 0) is 13.3 Å². The molecule has 7 nitrogen and oxygen atoms in total. The van der Waals surface area contributed by atoms with Crippen LogP contribution in [0.1, 0.15) is 20.3 Å². The van der Waals surface area contributed by atoms with Crippen LogP contribution < -0.4 is 20.1 Å². The highest BCUT2D eigenvalue weighted by Crippen LogP contribution is 2.36. The van der Waals surface area contributed by atoms with Crippen molar-refractivity contribution in [2.75, 3.05) is 24.9 Å². The van der Waals surface area contributed by atoms with Gasteiger partial charge in [0.2, 0.25) is 5.95 Å². The van der Waals surface area contributed by atoms with E-state index in [1.165, 1.54) is 0 Å². The molecule has 8 heteroatoms. The number of aromatic nitrogens is 3. The van der Waals surface area contributed by atoms with Gasteiger partial charge in [0.15, 0.2) is 5.82 Å². The van der Waals surface area contributed by atoms with Crippen LogP contribution in [0.25, 0.3) is 0 Å². The Morgan fingerprint density at radius 3 is 2.61 bits per heavy atom. The summed E-state index contributed by atoms with van der Waals surface area (Å²) in [7, 11) is 3.11. The highest BCUT2D eigenvalue weighted by molar-refractivity contribution is 6.32. The molecule has 1 aromatic heterocycles. The number of halogens is 1. The molecule has 2 rings (SSSR count). The molecular formula is C15H20ClN5O2. The minimum Gasteiger partial charge on any atom is -0.495 e. The molecule has 0 amide bonds. The summed E-state index contributed by atoms with van der Waals surface area (Å²) >= 11 is 6.10. The van der Waals surface area contributed by atoms with Gasteiger partial charge in [0.1, 0.15) is 11.5 Å². The van der Waals surface area contributed by atoms with Crippen molar-refractivity contribution in [3.8, 4) is 11.5 Å². The molecule has 0 saturated carbocycles. The zero-order valence-corrected chi connectivity index (χ0v) is 14.3. The number of rotatable bonds is 7. The normalized spacial score (nSPS) is 11.7. The van der Waals surface area contributed by atoms with Crippen LogP contribution in [0.3, 0.4) is 0 Å². The van der Waals surface area contributed by atoms with Gasteiger partial charge in [-0.25, -0.2) is 0 Å². The van der Waals surface area contributed by atoms with Crippen LogP contribution in [-0.2, 0) is 0 Å². The standard InChI is InChI=1S/C15H20ClN5O2/c1-5-9(2)18-14-8-17-21-15(20-14)19-11-7-12(22-3)10(16)6-13(11)23-4/h6-9H,5H2,1-4H3,(H2,18,19,20,21). The van der Waals surface area contributed by atoms with Gasteiger partial charge in [0, 0.05) is 18.2 Å². The number of hydrogen-bond donors (Lipinski definition) is 2. The van der Waals surface area contributed by atoms with Crippen LogP contribution >= 0.6 is 11.6 Å². The predicted molar refractivity (Wildman–Crippen MR) is 91.0 cm³/mol. The Morgan fingerprint density at radius 1 is 1.22 bits per heavy atom. The summed E-state index contributed by atoms with van der Waals surface area (Å²) in [6.45, 7) is 4.17. The Balaban J connectivity index is 2.26. The highest BCUT2D eigenvalue weighted by Gasteiger charge is 2.12. The SMILES string of the molecule is CCC(C)Nc1cnnc(Nc2cc(OC)c(Cl)cc2OC)n1. The third-order valence-corrected chi connectivity index (χ3v) is 3.58. The summed E-state index contributed by atoms with van der Waals surface area (Å²) in [4.78, 5) is 4.38. The van der Waals surface area contributed by atoms with E-state index in [4.69, 9.17) is 21.1 Å². The lowest BCUT2D eigenvalue weighted by Gasteiger charge is -2.14. The van der Waals surface area contributed by atoms with Crippen molar-refractivity contribution in [1.82, 2.24) is 15.2 Å². The van der Waals surface area contributed by atoms with Gasteiger partial charge in [-0.1, -0.05) is 18.5 Å². The van der Waals surface area contributed by atoms with Gasteiger partial charge < -0.3 is 20.1 Å². The molecule has 0 radical (unpaired) electrons. The Labute approximate surface area is 140 Å². The largest absolute Gasteiger partial charge is 0.495 e. The summed E-state index contributed by atoms with van der Waals surface area (Å²) in [6.07, 6.45) is 2.56. The van der Waals surface area contributed by atoms with E-state index in [1.807, 2.05) is 0 Å². The smallest absolute Gasteiger partial charge is 0.249 e. The number of benzene rings is 1. The summed E-state index contributed by atoms with van der Waals surface area (Å²) in [5.41, 5.74) is 0.635. The minimum atomic E-state index is 0.296.